The highest BCUT2D eigenvalue weighted by Crippen LogP contribution is 2.43. The van der Waals surface area contributed by atoms with Crippen LogP contribution in [0.3, 0.4) is 0 Å². The van der Waals surface area contributed by atoms with Gasteiger partial charge in [0.25, 0.3) is 11.8 Å². The summed E-state index contributed by atoms with van der Waals surface area (Å²) in [5.41, 5.74) is 4.01. The number of ether oxygens (including phenoxy) is 1. The molecule has 2 aliphatic heterocycles. The Kier molecular flexibility index (Phi) is 8.73. The molecular weight excluding hydrogens is 438 g/mol. The minimum absolute atomic E-state index is 0.0452. The number of carbonyl (C=O) groups is 2. The zero-order valence-electron chi connectivity index (χ0n) is 22.0. The summed E-state index contributed by atoms with van der Waals surface area (Å²) >= 11 is 0. The van der Waals surface area contributed by atoms with Gasteiger partial charge in [0.05, 0.1) is 0 Å². The van der Waals surface area contributed by atoms with E-state index >= 15 is 0 Å². The minimum Gasteiger partial charge on any atom is -0.482 e. The second-order valence-corrected chi connectivity index (χ2v) is 8.94. The van der Waals surface area contributed by atoms with Gasteiger partial charge in [-0.1, -0.05) is 26.0 Å². The quantitative estimate of drug-likeness (QED) is 0.669. The highest BCUT2D eigenvalue weighted by atomic mass is 16.5. The molecule has 2 heterocycles. The van der Waals surface area contributed by atoms with Crippen LogP contribution in [0.1, 0.15) is 72.4 Å². The van der Waals surface area contributed by atoms with Crippen molar-refractivity contribution in [3.05, 3.63) is 70.8 Å². The molecule has 2 aromatic carbocycles. The van der Waals surface area contributed by atoms with Crippen LogP contribution in [0.5, 0.6) is 5.75 Å². The molecule has 6 nitrogen and oxygen atoms in total. The van der Waals surface area contributed by atoms with E-state index in [1.807, 2.05) is 75.1 Å². The van der Waals surface area contributed by atoms with Gasteiger partial charge in [0.2, 0.25) is 0 Å². The molecule has 1 N–H and O–H groups in total. The monoisotopic (exact) mass is 477 g/mol. The first kappa shape index (κ1) is 26.5. The van der Waals surface area contributed by atoms with E-state index < -0.39 is 5.60 Å². The molecule has 2 amide bonds. The lowest BCUT2D eigenvalue weighted by atomic mass is 9.83. The van der Waals surface area contributed by atoms with E-state index in [1.165, 1.54) is 0 Å². The number of piperidine rings is 1. The number of nitrogens with one attached hydrogen (secondary N) is 1. The molecule has 6 heteroatoms. The zero-order chi connectivity index (χ0) is 25.6. The number of fused-ring (bicyclic) bond motifs is 1. The fourth-order valence-corrected chi connectivity index (χ4v) is 4.63. The van der Waals surface area contributed by atoms with Crippen LogP contribution < -0.4 is 10.1 Å². The Labute approximate surface area is 210 Å². The predicted octanol–water partition coefficient (Wildman–Crippen LogP) is 4.84. The lowest BCUT2D eigenvalue weighted by molar-refractivity contribution is 0.0772. The second-order valence-electron chi connectivity index (χ2n) is 8.94. The smallest absolute Gasteiger partial charge is 0.253 e. The maximum absolute atomic E-state index is 12.7. The van der Waals surface area contributed by atoms with E-state index in [4.69, 9.17) is 4.74 Å². The molecule has 1 fully saturated rings. The lowest BCUT2D eigenvalue weighted by Gasteiger charge is -2.40. The van der Waals surface area contributed by atoms with Crippen LogP contribution in [-0.4, -0.2) is 67.5 Å². The van der Waals surface area contributed by atoms with Gasteiger partial charge in [-0.25, -0.2) is 0 Å². The maximum Gasteiger partial charge on any atom is 0.253 e. The number of amides is 2. The summed E-state index contributed by atoms with van der Waals surface area (Å²) < 4.78 is 6.56. The molecule has 0 unspecified atom stereocenters. The zero-order valence-corrected chi connectivity index (χ0v) is 22.0. The van der Waals surface area contributed by atoms with E-state index in [2.05, 4.69) is 11.4 Å². The van der Waals surface area contributed by atoms with E-state index in [1.54, 1.807) is 19.0 Å². The third-order valence-electron chi connectivity index (χ3n) is 6.59. The van der Waals surface area contributed by atoms with Crippen molar-refractivity contribution in [2.45, 2.75) is 46.1 Å². The predicted molar refractivity (Wildman–Crippen MR) is 142 cm³/mol. The fraction of sp³-hybridized carbons (Fsp3) is 0.448. The van der Waals surface area contributed by atoms with Gasteiger partial charge in [0, 0.05) is 56.7 Å². The number of hydrogen-bond donors (Lipinski definition) is 1. The Bertz CT molecular complexity index is 1060. The first-order chi connectivity index (χ1) is 16.9. The van der Waals surface area contributed by atoms with Crippen LogP contribution in [0.4, 0.5) is 0 Å². The molecule has 0 bridgehead atoms. The Hall–Kier alpha value is -3.12. The Morgan fingerprint density at radius 1 is 0.914 bits per heavy atom. The van der Waals surface area contributed by atoms with Crippen molar-refractivity contribution >= 4 is 17.4 Å². The first-order valence-corrected chi connectivity index (χ1v) is 12.8. The SMILES string of the molecule is CC.CCN(CC)C(=O)c1ccc(C2=CC3(CCNCC3)Oc3cc(C(=O)N(C)C)ccc32)cc1. The molecule has 0 aromatic heterocycles. The molecule has 0 radical (unpaired) electrons. The van der Waals surface area contributed by atoms with E-state index in [0.29, 0.717) is 24.2 Å². The van der Waals surface area contributed by atoms with Crippen molar-refractivity contribution in [2.75, 3.05) is 40.3 Å². The molecular formula is C29H39N3O3. The van der Waals surface area contributed by atoms with Gasteiger partial charge >= 0.3 is 0 Å². The van der Waals surface area contributed by atoms with Gasteiger partial charge < -0.3 is 19.9 Å². The topological polar surface area (TPSA) is 61.9 Å². The van der Waals surface area contributed by atoms with Gasteiger partial charge in [-0.15, -0.1) is 0 Å². The maximum atomic E-state index is 12.7. The molecule has 2 aromatic rings. The molecule has 0 saturated carbocycles. The number of nitrogens with zero attached hydrogens (tertiary/aromatic N) is 2. The molecule has 1 saturated heterocycles. The van der Waals surface area contributed by atoms with E-state index in [0.717, 1.165) is 48.4 Å². The molecule has 0 atom stereocenters. The normalized spacial score (nSPS) is 15.7. The third kappa shape index (κ3) is 5.59. The molecule has 188 valence electrons. The minimum atomic E-state index is -0.400. The summed E-state index contributed by atoms with van der Waals surface area (Å²) in [6.07, 6.45) is 3.96. The Morgan fingerprint density at radius 2 is 1.51 bits per heavy atom. The number of benzene rings is 2. The van der Waals surface area contributed by atoms with Crippen LogP contribution in [0.25, 0.3) is 5.57 Å². The molecule has 0 aliphatic carbocycles. The van der Waals surface area contributed by atoms with Crippen LogP contribution in [0.2, 0.25) is 0 Å². The molecule has 35 heavy (non-hydrogen) atoms. The van der Waals surface area contributed by atoms with Crippen LogP contribution in [-0.2, 0) is 0 Å². The van der Waals surface area contributed by atoms with Gasteiger partial charge in [-0.05, 0) is 74.5 Å². The van der Waals surface area contributed by atoms with E-state index in [-0.39, 0.29) is 11.8 Å². The van der Waals surface area contributed by atoms with Gasteiger partial charge in [-0.3, -0.25) is 9.59 Å². The summed E-state index contributed by atoms with van der Waals surface area (Å²) in [6.45, 7) is 11.1. The van der Waals surface area contributed by atoms with Crippen molar-refractivity contribution < 1.29 is 14.3 Å². The van der Waals surface area contributed by atoms with E-state index in [9.17, 15) is 9.59 Å². The average molecular weight is 478 g/mol. The molecule has 4 rings (SSSR count). The van der Waals surface area contributed by atoms with Crippen molar-refractivity contribution in [3.63, 3.8) is 0 Å². The van der Waals surface area contributed by atoms with Gasteiger partial charge in [-0.2, -0.15) is 0 Å². The van der Waals surface area contributed by atoms with Crippen molar-refractivity contribution in [1.29, 1.82) is 0 Å². The Morgan fingerprint density at radius 3 is 2.09 bits per heavy atom. The number of hydrogen-bond acceptors (Lipinski definition) is 4. The summed E-state index contributed by atoms with van der Waals surface area (Å²) in [6, 6.07) is 13.6. The summed E-state index contributed by atoms with van der Waals surface area (Å²) in [4.78, 5) is 28.7. The fourth-order valence-electron chi connectivity index (χ4n) is 4.63. The number of carbonyl (C=O) groups excluding carboxylic acids is 2. The lowest BCUT2D eigenvalue weighted by Crippen LogP contribution is -2.46. The third-order valence-corrected chi connectivity index (χ3v) is 6.59. The van der Waals surface area contributed by atoms with Crippen molar-refractivity contribution in [2.24, 2.45) is 0 Å². The van der Waals surface area contributed by atoms with Gasteiger partial charge in [0.1, 0.15) is 11.4 Å². The summed E-state index contributed by atoms with van der Waals surface area (Å²) in [5.74, 6) is 0.746. The standard InChI is InChI=1S/C27H33N3O3.C2H6/c1-5-30(6-2)26(32)20-9-7-19(8-10-20)23-18-27(13-15-28-16-14-27)33-24-17-21(11-12-22(23)24)25(31)29(3)4;1-2/h7-12,17-18,28H,5-6,13-16H2,1-4H3;1-2H3. The second kappa shape index (κ2) is 11.5. The van der Waals surface area contributed by atoms with Gasteiger partial charge in [0.15, 0.2) is 0 Å². The summed E-state index contributed by atoms with van der Waals surface area (Å²) in [7, 11) is 3.51. The largest absolute Gasteiger partial charge is 0.482 e. The molecule has 2 aliphatic rings. The Balaban J connectivity index is 0.00000167. The first-order valence-electron chi connectivity index (χ1n) is 12.8. The van der Waals surface area contributed by atoms with Crippen LogP contribution in [0.15, 0.2) is 48.5 Å². The van der Waals surface area contributed by atoms with Crippen LogP contribution in [0, 0.1) is 0 Å². The molecule has 1 spiro atoms. The highest BCUT2D eigenvalue weighted by molar-refractivity contribution is 5.97. The highest BCUT2D eigenvalue weighted by Gasteiger charge is 2.37. The number of rotatable bonds is 5. The average Bonchev–Trinajstić information content (AvgIpc) is 2.89. The summed E-state index contributed by atoms with van der Waals surface area (Å²) in [5, 5.41) is 3.41. The van der Waals surface area contributed by atoms with Crippen LogP contribution >= 0.6 is 0 Å². The van der Waals surface area contributed by atoms with Crippen molar-refractivity contribution in [1.82, 2.24) is 15.1 Å². The van der Waals surface area contributed by atoms with Crippen molar-refractivity contribution in [3.8, 4) is 5.75 Å².